The van der Waals surface area contributed by atoms with Gasteiger partial charge in [0.05, 0.1) is 0 Å². The van der Waals surface area contributed by atoms with Crippen molar-refractivity contribution in [1.29, 1.82) is 0 Å². The summed E-state index contributed by atoms with van der Waals surface area (Å²) >= 11 is 0. The number of hydrogen-bond donors (Lipinski definition) is 2. The van der Waals surface area contributed by atoms with Gasteiger partial charge in [-0.05, 0) is 19.3 Å². The van der Waals surface area contributed by atoms with E-state index in [0.717, 1.165) is 51.1 Å². The van der Waals surface area contributed by atoms with Gasteiger partial charge in [0, 0.05) is 38.8 Å². The molecule has 5 heteroatoms. The number of aliphatic imine (C=N–C) groups is 1. The van der Waals surface area contributed by atoms with Gasteiger partial charge in [-0.1, -0.05) is 6.92 Å². The average Bonchev–Trinajstić information content (AvgIpc) is 3.15. The fourth-order valence-electron chi connectivity index (χ4n) is 2.19. The van der Waals surface area contributed by atoms with Crippen LogP contribution in [0.5, 0.6) is 0 Å². The van der Waals surface area contributed by atoms with Crippen molar-refractivity contribution in [3.8, 4) is 0 Å². The third-order valence-corrected chi connectivity index (χ3v) is 3.29. The molecular weight excluding hydrogens is 202 g/mol. The minimum Gasteiger partial charge on any atom is -0.339 e. The van der Waals surface area contributed by atoms with E-state index < -0.39 is 0 Å². The molecule has 2 rings (SSSR count). The number of nitrogens with two attached hydrogens (primary N) is 1. The molecule has 0 radical (unpaired) electrons. The molecule has 1 aliphatic carbocycles. The van der Waals surface area contributed by atoms with Crippen molar-refractivity contribution >= 4 is 5.96 Å². The van der Waals surface area contributed by atoms with Gasteiger partial charge in [-0.25, -0.2) is 5.84 Å². The van der Waals surface area contributed by atoms with Crippen molar-refractivity contribution in [3.05, 3.63) is 0 Å². The minimum absolute atomic E-state index is 0.850. The molecule has 3 N–H and O–H groups in total. The standard InChI is InChI=1S/C11H23N5/c1-2-5-13-11(14-12)16-8-6-15(7-9-16)10-3-4-10/h10H,2-9,12H2,1H3,(H,13,14). The van der Waals surface area contributed by atoms with Crippen molar-refractivity contribution in [2.75, 3.05) is 32.7 Å². The van der Waals surface area contributed by atoms with Crippen molar-refractivity contribution < 1.29 is 0 Å². The third kappa shape index (κ3) is 2.86. The lowest BCUT2D eigenvalue weighted by Crippen LogP contribution is -2.54. The molecule has 0 spiro atoms. The van der Waals surface area contributed by atoms with Gasteiger partial charge in [-0.15, -0.1) is 0 Å². The Bertz CT molecular complexity index is 241. The smallest absolute Gasteiger partial charge is 0.208 e. The summed E-state index contributed by atoms with van der Waals surface area (Å²) in [5.41, 5.74) is 2.72. The van der Waals surface area contributed by atoms with Crippen LogP contribution in [-0.2, 0) is 0 Å². The van der Waals surface area contributed by atoms with Gasteiger partial charge in [0.25, 0.3) is 0 Å². The predicted molar refractivity (Wildman–Crippen MR) is 66.1 cm³/mol. The fourth-order valence-corrected chi connectivity index (χ4v) is 2.19. The summed E-state index contributed by atoms with van der Waals surface area (Å²) in [5, 5.41) is 0. The van der Waals surface area contributed by atoms with E-state index in [2.05, 4.69) is 27.1 Å². The van der Waals surface area contributed by atoms with Crippen LogP contribution in [0.25, 0.3) is 0 Å². The topological polar surface area (TPSA) is 56.9 Å². The third-order valence-electron chi connectivity index (χ3n) is 3.29. The molecule has 5 nitrogen and oxygen atoms in total. The maximum Gasteiger partial charge on any atom is 0.208 e. The first kappa shape index (κ1) is 11.7. The first-order valence-corrected chi connectivity index (χ1v) is 6.35. The molecule has 0 aromatic rings. The average molecular weight is 225 g/mol. The van der Waals surface area contributed by atoms with Crippen LogP contribution in [0, 0.1) is 0 Å². The number of rotatable bonds is 3. The van der Waals surface area contributed by atoms with Gasteiger partial charge >= 0.3 is 0 Å². The monoisotopic (exact) mass is 225 g/mol. The highest BCUT2D eigenvalue weighted by molar-refractivity contribution is 5.79. The first-order valence-electron chi connectivity index (χ1n) is 6.35. The normalized spacial score (nSPS) is 23.6. The second kappa shape index (κ2) is 5.50. The van der Waals surface area contributed by atoms with Crippen molar-refractivity contribution in [2.24, 2.45) is 10.8 Å². The lowest BCUT2D eigenvalue weighted by atomic mass is 10.3. The Morgan fingerprint density at radius 2 is 2.00 bits per heavy atom. The number of hydrogen-bond acceptors (Lipinski definition) is 3. The highest BCUT2D eigenvalue weighted by Crippen LogP contribution is 2.27. The molecule has 16 heavy (non-hydrogen) atoms. The summed E-state index contributed by atoms with van der Waals surface area (Å²) < 4.78 is 0. The summed E-state index contributed by atoms with van der Waals surface area (Å²) in [6.45, 7) is 7.37. The molecule has 0 bridgehead atoms. The van der Waals surface area contributed by atoms with E-state index in [4.69, 9.17) is 5.84 Å². The van der Waals surface area contributed by atoms with Crippen LogP contribution >= 0.6 is 0 Å². The zero-order valence-electron chi connectivity index (χ0n) is 10.2. The van der Waals surface area contributed by atoms with Crippen LogP contribution in [0.15, 0.2) is 4.99 Å². The highest BCUT2D eigenvalue weighted by Gasteiger charge is 2.31. The van der Waals surface area contributed by atoms with E-state index >= 15 is 0 Å². The number of guanidine groups is 1. The van der Waals surface area contributed by atoms with E-state index in [9.17, 15) is 0 Å². The fraction of sp³-hybridized carbons (Fsp3) is 0.909. The van der Waals surface area contributed by atoms with Crippen LogP contribution in [-0.4, -0.2) is 54.5 Å². The number of hydrazine groups is 1. The van der Waals surface area contributed by atoms with Crippen LogP contribution < -0.4 is 11.3 Å². The van der Waals surface area contributed by atoms with Crippen LogP contribution in [0.1, 0.15) is 26.2 Å². The molecule has 1 saturated heterocycles. The highest BCUT2D eigenvalue weighted by atomic mass is 15.4. The number of nitrogens with zero attached hydrogens (tertiary/aromatic N) is 3. The molecule has 0 aromatic heterocycles. The molecule has 0 aromatic carbocycles. The molecule has 1 aliphatic heterocycles. The minimum atomic E-state index is 0.850. The van der Waals surface area contributed by atoms with Crippen LogP contribution in [0.2, 0.25) is 0 Å². The SMILES string of the molecule is CCCN=C(NN)N1CCN(C2CC2)CC1. The van der Waals surface area contributed by atoms with Crippen molar-refractivity contribution in [3.63, 3.8) is 0 Å². The van der Waals surface area contributed by atoms with Gasteiger partial charge in [-0.2, -0.15) is 0 Å². The van der Waals surface area contributed by atoms with E-state index in [0.29, 0.717) is 0 Å². The van der Waals surface area contributed by atoms with Gasteiger partial charge in [0.2, 0.25) is 5.96 Å². The lowest BCUT2D eigenvalue weighted by molar-refractivity contribution is 0.171. The Morgan fingerprint density at radius 1 is 1.31 bits per heavy atom. The van der Waals surface area contributed by atoms with Gasteiger partial charge in [0.1, 0.15) is 0 Å². The molecule has 2 fully saturated rings. The van der Waals surface area contributed by atoms with Crippen LogP contribution in [0.3, 0.4) is 0 Å². The van der Waals surface area contributed by atoms with E-state index in [1.54, 1.807) is 0 Å². The summed E-state index contributed by atoms with van der Waals surface area (Å²) in [7, 11) is 0. The van der Waals surface area contributed by atoms with E-state index in [-0.39, 0.29) is 0 Å². The molecule has 2 aliphatic rings. The first-order chi connectivity index (χ1) is 7.85. The maximum absolute atomic E-state index is 5.52. The Labute approximate surface area is 97.7 Å². The van der Waals surface area contributed by atoms with Crippen LogP contribution in [0.4, 0.5) is 0 Å². The van der Waals surface area contributed by atoms with E-state index in [1.807, 2.05) is 0 Å². The quantitative estimate of drug-likeness (QED) is 0.307. The van der Waals surface area contributed by atoms with Crippen molar-refractivity contribution in [2.45, 2.75) is 32.2 Å². The number of piperazine rings is 1. The molecule has 92 valence electrons. The Morgan fingerprint density at radius 3 is 2.50 bits per heavy atom. The summed E-state index contributed by atoms with van der Waals surface area (Å²) in [4.78, 5) is 9.30. The number of nitrogens with one attached hydrogen (secondary N) is 1. The zero-order chi connectivity index (χ0) is 11.4. The Kier molecular flexibility index (Phi) is 4.01. The summed E-state index contributed by atoms with van der Waals surface area (Å²) in [6, 6.07) is 0.879. The second-order valence-corrected chi connectivity index (χ2v) is 4.60. The second-order valence-electron chi connectivity index (χ2n) is 4.60. The molecule has 0 unspecified atom stereocenters. The van der Waals surface area contributed by atoms with Gasteiger partial charge in [-0.3, -0.25) is 15.3 Å². The van der Waals surface area contributed by atoms with E-state index in [1.165, 1.54) is 12.8 Å². The predicted octanol–water partition coefficient (Wildman–Crippen LogP) is -0.00430. The molecule has 0 atom stereocenters. The van der Waals surface area contributed by atoms with Gasteiger partial charge < -0.3 is 4.90 Å². The summed E-state index contributed by atoms with van der Waals surface area (Å²) in [5.74, 6) is 6.37. The Hall–Kier alpha value is -0.810. The molecule has 1 heterocycles. The van der Waals surface area contributed by atoms with Crippen molar-refractivity contribution in [1.82, 2.24) is 15.2 Å². The Balaban J connectivity index is 1.81. The maximum atomic E-state index is 5.52. The molecular formula is C11H23N5. The molecule has 0 amide bonds. The zero-order valence-corrected chi connectivity index (χ0v) is 10.2. The van der Waals surface area contributed by atoms with Gasteiger partial charge in [0.15, 0.2) is 0 Å². The molecule has 1 saturated carbocycles. The largest absolute Gasteiger partial charge is 0.339 e. The summed E-state index contributed by atoms with van der Waals surface area (Å²) in [6.07, 6.45) is 3.85. The lowest BCUT2D eigenvalue weighted by Gasteiger charge is -2.36.